The van der Waals surface area contributed by atoms with E-state index in [1.165, 1.54) is 12.8 Å². The van der Waals surface area contributed by atoms with Gasteiger partial charge in [0.15, 0.2) is 0 Å². The highest BCUT2D eigenvalue weighted by atomic mass is 16.5. The predicted octanol–water partition coefficient (Wildman–Crippen LogP) is 1.88. The van der Waals surface area contributed by atoms with Gasteiger partial charge in [-0.15, -0.1) is 0 Å². The van der Waals surface area contributed by atoms with Crippen LogP contribution in [0.3, 0.4) is 0 Å². The highest BCUT2D eigenvalue weighted by molar-refractivity contribution is 5.31. The van der Waals surface area contributed by atoms with E-state index in [2.05, 4.69) is 5.32 Å². The summed E-state index contributed by atoms with van der Waals surface area (Å²) in [4.78, 5) is 0. The maximum Gasteiger partial charge on any atom is 0.122 e. The molecule has 0 heterocycles. The molecule has 1 aromatic carbocycles. The van der Waals surface area contributed by atoms with Gasteiger partial charge in [0.2, 0.25) is 0 Å². The Balaban J connectivity index is 1.72. The molecular formula is C14H21NO2. The first-order chi connectivity index (χ1) is 8.29. The lowest BCUT2D eigenvalue weighted by Crippen LogP contribution is -2.35. The number of aliphatic hydroxyl groups is 1. The monoisotopic (exact) mass is 235 g/mol. The van der Waals surface area contributed by atoms with Crippen molar-refractivity contribution < 1.29 is 9.84 Å². The smallest absolute Gasteiger partial charge is 0.122 e. The minimum Gasteiger partial charge on any atom is -0.493 e. The van der Waals surface area contributed by atoms with Crippen molar-refractivity contribution in [1.29, 1.82) is 0 Å². The van der Waals surface area contributed by atoms with Gasteiger partial charge in [-0.1, -0.05) is 18.2 Å². The standard InChI is InChI=1S/C14H21NO2/c1-11-4-2-3-5-14(11)17-9-8-13(10-16)15-12-6-7-12/h2-5,12-13,15-16H,6-10H2,1H3. The van der Waals surface area contributed by atoms with E-state index in [1.807, 2.05) is 31.2 Å². The van der Waals surface area contributed by atoms with Gasteiger partial charge < -0.3 is 15.2 Å². The summed E-state index contributed by atoms with van der Waals surface area (Å²) < 4.78 is 5.72. The minimum absolute atomic E-state index is 0.173. The fourth-order valence-corrected chi connectivity index (χ4v) is 1.84. The van der Waals surface area contributed by atoms with Crippen LogP contribution in [-0.2, 0) is 0 Å². The van der Waals surface area contributed by atoms with Crippen molar-refractivity contribution in [3.8, 4) is 5.75 Å². The van der Waals surface area contributed by atoms with Crippen LogP contribution in [0.2, 0.25) is 0 Å². The molecule has 2 N–H and O–H groups in total. The Labute approximate surface area is 103 Å². The number of benzene rings is 1. The summed E-state index contributed by atoms with van der Waals surface area (Å²) in [5.74, 6) is 0.940. The molecule has 17 heavy (non-hydrogen) atoms. The average molecular weight is 235 g/mol. The molecule has 1 saturated carbocycles. The molecule has 0 aliphatic heterocycles. The van der Waals surface area contributed by atoms with E-state index in [-0.39, 0.29) is 12.6 Å². The number of ether oxygens (including phenoxy) is 1. The third-order valence-corrected chi connectivity index (χ3v) is 3.09. The van der Waals surface area contributed by atoms with E-state index in [9.17, 15) is 5.11 Å². The Bertz CT molecular complexity index is 350. The summed E-state index contributed by atoms with van der Waals surface area (Å²) in [6, 6.07) is 8.82. The predicted molar refractivity (Wildman–Crippen MR) is 68.3 cm³/mol. The largest absolute Gasteiger partial charge is 0.493 e. The summed E-state index contributed by atoms with van der Waals surface area (Å²) in [6.07, 6.45) is 3.34. The SMILES string of the molecule is Cc1ccccc1OCCC(CO)NC1CC1. The molecule has 0 radical (unpaired) electrons. The summed E-state index contributed by atoms with van der Waals surface area (Å²) in [5, 5.41) is 12.6. The van der Waals surface area contributed by atoms with Gasteiger partial charge in [0.1, 0.15) is 5.75 Å². The molecule has 0 amide bonds. The highest BCUT2D eigenvalue weighted by Crippen LogP contribution is 2.20. The molecule has 1 atom stereocenters. The van der Waals surface area contributed by atoms with Gasteiger partial charge in [0.25, 0.3) is 0 Å². The normalized spacial score (nSPS) is 16.8. The van der Waals surface area contributed by atoms with Crippen molar-refractivity contribution in [2.75, 3.05) is 13.2 Å². The van der Waals surface area contributed by atoms with Gasteiger partial charge in [-0.2, -0.15) is 0 Å². The van der Waals surface area contributed by atoms with Crippen LogP contribution in [0, 0.1) is 6.92 Å². The van der Waals surface area contributed by atoms with Crippen LogP contribution >= 0.6 is 0 Å². The molecule has 0 spiro atoms. The van der Waals surface area contributed by atoms with E-state index >= 15 is 0 Å². The van der Waals surface area contributed by atoms with Gasteiger partial charge in [-0.3, -0.25) is 0 Å². The molecule has 1 unspecified atom stereocenters. The van der Waals surface area contributed by atoms with Gasteiger partial charge in [-0.25, -0.2) is 0 Å². The Morgan fingerprint density at radius 3 is 2.82 bits per heavy atom. The fraction of sp³-hybridized carbons (Fsp3) is 0.571. The zero-order valence-electron chi connectivity index (χ0n) is 10.4. The second kappa shape index (κ2) is 6.03. The van der Waals surface area contributed by atoms with Crippen molar-refractivity contribution in [2.24, 2.45) is 0 Å². The molecule has 0 aromatic heterocycles. The number of para-hydroxylation sites is 1. The number of nitrogens with one attached hydrogen (secondary N) is 1. The molecule has 1 aliphatic carbocycles. The maximum atomic E-state index is 9.24. The second-order valence-corrected chi connectivity index (χ2v) is 4.72. The molecule has 1 aliphatic rings. The second-order valence-electron chi connectivity index (χ2n) is 4.72. The van der Waals surface area contributed by atoms with Crippen LogP contribution in [-0.4, -0.2) is 30.4 Å². The third-order valence-electron chi connectivity index (χ3n) is 3.09. The van der Waals surface area contributed by atoms with Crippen molar-refractivity contribution in [3.05, 3.63) is 29.8 Å². The van der Waals surface area contributed by atoms with Crippen molar-refractivity contribution in [3.63, 3.8) is 0 Å². The van der Waals surface area contributed by atoms with E-state index in [1.54, 1.807) is 0 Å². The van der Waals surface area contributed by atoms with E-state index in [0.717, 1.165) is 17.7 Å². The lowest BCUT2D eigenvalue weighted by Gasteiger charge is -2.16. The molecule has 3 nitrogen and oxygen atoms in total. The lowest BCUT2D eigenvalue weighted by molar-refractivity contribution is 0.207. The average Bonchev–Trinajstić information content (AvgIpc) is 3.14. The van der Waals surface area contributed by atoms with Crippen LogP contribution < -0.4 is 10.1 Å². The maximum absolute atomic E-state index is 9.24. The summed E-state index contributed by atoms with van der Waals surface area (Å²) in [7, 11) is 0. The molecule has 0 bridgehead atoms. The van der Waals surface area contributed by atoms with E-state index < -0.39 is 0 Å². The van der Waals surface area contributed by atoms with Gasteiger partial charge in [0, 0.05) is 12.1 Å². The summed E-state index contributed by atoms with van der Waals surface area (Å²) >= 11 is 0. The van der Waals surface area contributed by atoms with Gasteiger partial charge in [-0.05, 0) is 37.8 Å². The van der Waals surface area contributed by atoms with E-state index in [4.69, 9.17) is 4.74 Å². The van der Waals surface area contributed by atoms with Crippen LogP contribution in [0.1, 0.15) is 24.8 Å². The highest BCUT2D eigenvalue weighted by Gasteiger charge is 2.23. The van der Waals surface area contributed by atoms with E-state index in [0.29, 0.717) is 12.6 Å². The Kier molecular flexibility index (Phi) is 4.40. The van der Waals surface area contributed by atoms with Crippen LogP contribution in [0.4, 0.5) is 0 Å². The fourth-order valence-electron chi connectivity index (χ4n) is 1.84. The molecular weight excluding hydrogens is 214 g/mol. The quantitative estimate of drug-likeness (QED) is 0.758. The summed E-state index contributed by atoms with van der Waals surface area (Å²) in [5.41, 5.74) is 1.16. The topological polar surface area (TPSA) is 41.5 Å². The number of hydrogen-bond donors (Lipinski definition) is 2. The zero-order chi connectivity index (χ0) is 12.1. The van der Waals surface area contributed by atoms with Crippen molar-refractivity contribution >= 4 is 0 Å². The molecule has 0 saturated heterocycles. The van der Waals surface area contributed by atoms with Crippen LogP contribution in [0.15, 0.2) is 24.3 Å². The number of aliphatic hydroxyl groups excluding tert-OH is 1. The Morgan fingerprint density at radius 1 is 1.41 bits per heavy atom. The third kappa shape index (κ3) is 4.02. The Morgan fingerprint density at radius 2 is 2.18 bits per heavy atom. The Hall–Kier alpha value is -1.06. The molecule has 3 heteroatoms. The van der Waals surface area contributed by atoms with Crippen molar-refractivity contribution in [2.45, 2.75) is 38.3 Å². The van der Waals surface area contributed by atoms with Crippen LogP contribution in [0.25, 0.3) is 0 Å². The molecule has 2 rings (SSSR count). The first-order valence-electron chi connectivity index (χ1n) is 6.35. The van der Waals surface area contributed by atoms with Gasteiger partial charge in [0.05, 0.1) is 13.2 Å². The molecule has 1 aromatic rings. The van der Waals surface area contributed by atoms with Crippen LogP contribution in [0.5, 0.6) is 5.75 Å². The first-order valence-corrected chi connectivity index (χ1v) is 6.35. The van der Waals surface area contributed by atoms with Crippen molar-refractivity contribution in [1.82, 2.24) is 5.32 Å². The number of aryl methyl sites for hydroxylation is 1. The lowest BCUT2D eigenvalue weighted by atomic mass is 10.2. The summed E-state index contributed by atoms with van der Waals surface area (Å²) in [6.45, 7) is 2.88. The van der Waals surface area contributed by atoms with Gasteiger partial charge >= 0.3 is 0 Å². The zero-order valence-corrected chi connectivity index (χ0v) is 10.4. The number of hydrogen-bond acceptors (Lipinski definition) is 3. The first kappa shape index (κ1) is 12.4. The number of rotatable bonds is 7. The molecule has 94 valence electrons. The minimum atomic E-state index is 0.173. The molecule has 1 fully saturated rings.